The zero-order chi connectivity index (χ0) is 15.8. The molecule has 0 spiro atoms. The quantitative estimate of drug-likeness (QED) is 0.917. The van der Waals surface area contributed by atoms with E-state index in [0.29, 0.717) is 5.91 Å². The van der Waals surface area contributed by atoms with Gasteiger partial charge in [-0.2, -0.15) is 0 Å². The van der Waals surface area contributed by atoms with Crippen LogP contribution in [0.1, 0.15) is 44.0 Å². The molecule has 2 aromatic rings. The summed E-state index contributed by atoms with van der Waals surface area (Å²) in [5.74, 6) is 1.48. The number of halogens is 1. The van der Waals surface area contributed by atoms with Crippen LogP contribution in [-0.4, -0.2) is 27.3 Å². The molecule has 1 saturated carbocycles. The van der Waals surface area contributed by atoms with Crippen LogP contribution in [0, 0.1) is 5.92 Å². The number of likely N-dealkylation sites (tertiary alicyclic amines) is 1. The normalized spacial score (nSPS) is 21.4. The fourth-order valence-electron chi connectivity index (χ4n) is 3.49. The monoisotopic (exact) mass is 329 g/mol. The van der Waals surface area contributed by atoms with E-state index in [9.17, 15) is 4.79 Å². The molecule has 120 valence electrons. The van der Waals surface area contributed by atoms with Crippen LogP contribution in [0.15, 0.2) is 30.5 Å². The average Bonchev–Trinajstić information content (AvgIpc) is 3.15. The summed E-state index contributed by atoms with van der Waals surface area (Å²) in [5, 5.41) is 0.724. The van der Waals surface area contributed by atoms with E-state index >= 15 is 0 Å². The van der Waals surface area contributed by atoms with E-state index in [4.69, 9.17) is 11.6 Å². The molecule has 0 radical (unpaired) electrons. The third kappa shape index (κ3) is 2.76. The van der Waals surface area contributed by atoms with Crippen LogP contribution in [0.5, 0.6) is 0 Å². The fraction of sp³-hybridized carbons (Fsp3) is 0.444. The molecular formula is C18H20ClN3O. The molecular weight excluding hydrogens is 310 g/mol. The number of hydrogen-bond acceptors (Lipinski definition) is 2. The minimum Gasteiger partial charge on any atom is -0.340 e. The lowest BCUT2D eigenvalue weighted by molar-refractivity contribution is -0.139. The van der Waals surface area contributed by atoms with Gasteiger partial charge in [0.15, 0.2) is 0 Å². The van der Waals surface area contributed by atoms with Gasteiger partial charge in [0.2, 0.25) is 5.91 Å². The predicted octanol–water partition coefficient (Wildman–Crippen LogP) is 4.19. The van der Waals surface area contributed by atoms with Crippen molar-refractivity contribution in [2.75, 3.05) is 6.54 Å². The maximum Gasteiger partial charge on any atom is 0.226 e. The van der Waals surface area contributed by atoms with Gasteiger partial charge in [0.25, 0.3) is 0 Å². The number of aromatic amines is 1. The zero-order valence-electron chi connectivity index (χ0n) is 13.0. The summed E-state index contributed by atoms with van der Waals surface area (Å²) in [6.45, 7) is 0.858. The largest absolute Gasteiger partial charge is 0.340 e. The van der Waals surface area contributed by atoms with Crippen LogP contribution in [0.25, 0.3) is 11.3 Å². The second kappa shape index (κ2) is 6.00. The van der Waals surface area contributed by atoms with Crippen molar-refractivity contribution >= 4 is 17.5 Å². The van der Waals surface area contributed by atoms with Gasteiger partial charge in [-0.1, -0.05) is 30.2 Å². The molecule has 1 amide bonds. The molecule has 0 bridgehead atoms. The number of nitrogens with zero attached hydrogens (tertiary/aromatic N) is 2. The maximum atomic E-state index is 12.6. The number of carbonyl (C=O) groups excluding carboxylic acids is 1. The van der Waals surface area contributed by atoms with Crippen molar-refractivity contribution < 1.29 is 4.79 Å². The molecule has 1 atom stereocenters. The molecule has 2 heterocycles. The molecule has 4 nitrogen and oxygen atoms in total. The molecule has 2 fully saturated rings. The predicted molar refractivity (Wildman–Crippen MR) is 90.1 cm³/mol. The highest BCUT2D eigenvalue weighted by Gasteiger charge is 2.37. The number of rotatable bonds is 3. The fourth-order valence-corrected chi connectivity index (χ4v) is 3.61. The summed E-state index contributed by atoms with van der Waals surface area (Å²) in [7, 11) is 0. The van der Waals surface area contributed by atoms with Crippen LogP contribution in [0.4, 0.5) is 0 Å². The van der Waals surface area contributed by atoms with Crippen LogP contribution < -0.4 is 0 Å². The first-order chi connectivity index (χ1) is 11.2. The van der Waals surface area contributed by atoms with Gasteiger partial charge in [0.1, 0.15) is 5.82 Å². The highest BCUT2D eigenvalue weighted by atomic mass is 35.5. The topological polar surface area (TPSA) is 49.0 Å². The lowest BCUT2D eigenvalue weighted by Gasteiger charge is -2.32. The molecule has 1 aromatic carbocycles. The Morgan fingerprint density at radius 3 is 2.65 bits per heavy atom. The van der Waals surface area contributed by atoms with E-state index in [-0.39, 0.29) is 12.0 Å². The van der Waals surface area contributed by atoms with E-state index in [1.807, 2.05) is 35.4 Å². The molecule has 5 heteroatoms. The van der Waals surface area contributed by atoms with E-state index in [1.165, 1.54) is 6.42 Å². The molecule has 0 unspecified atom stereocenters. The molecule has 23 heavy (non-hydrogen) atoms. The van der Waals surface area contributed by atoms with E-state index in [1.54, 1.807) is 0 Å². The minimum atomic E-state index is 0.101. The number of benzene rings is 1. The van der Waals surface area contributed by atoms with Crippen LogP contribution >= 0.6 is 11.6 Å². The van der Waals surface area contributed by atoms with Crippen molar-refractivity contribution in [3.63, 3.8) is 0 Å². The average molecular weight is 330 g/mol. The molecule has 1 N–H and O–H groups in total. The summed E-state index contributed by atoms with van der Waals surface area (Å²) in [4.78, 5) is 22.6. The van der Waals surface area contributed by atoms with Crippen LogP contribution in [-0.2, 0) is 4.79 Å². The first-order valence-electron chi connectivity index (χ1n) is 8.34. The van der Waals surface area contributed by atoms with E-state index in [0.717, 1.165) is 54.3 Å². The van der Waals surface area contributed by atoms with Gasteiger partial charge in [0, 0.05) is 17.5 Å². The number of carbonyl (C=O) groups is 1. The highest BCUT2D eigenvalue weighted by molar-refractivity contribution is 6.30. The number of H-pyrrole nitrogens is 1. The Bertz CT molecular complexity index is 705. The SMILES string of the molecule is O=C(C1CCC1)N1CCC[C@H]1c1ncc(-c2ccc(Cl)cc2)[nH]1. The first kappa shape index (κ1) is 14.8. The van der Waals surface area contributed by atoms with Crippen molar-refractivity contribution in [3.05, 3.63) is 41.3 Å². The van der Waals surface area contributed by atoms with Gasteiger partial charge in [-0.3, -0.25) is 4.79 Å². The summed E-state index contributed by atoms with van der Waals surface area (Å²) in [6.07, 6.45) is 7.19. The number of amides is 1. The van der Waals surface area contributed by atoms with Crippen molar-refractivity contribution in [1.82, 2.24) is 14.9 Å². The summed E-state index contributed by atoms with van der Waals surface area (Å²) in [5.41, 5.74) is 2.03. The molecule has 4 rings (SSSR count). The zero-order valence-corrected chi connectivity index (χ0v) is 13.7. The minimum absolute atomic E-state index is 0.101. The van der Waals surface area contributed by atoms with Gasteiger partial charge in [0.05, 0.1) is 17.9 Å². The number of aromatic nitrogens is 2. The van der Waals surface area contributed by atoms with Crippen molar-refractivity contribution in [2.24, 2.45) is 5.92 Å². The summed E-state index contributed by atoms with van der Waals surface area (Å²) >= 11 is 5.94. The van der Waals surface area contributed by atoms with Crippen molar-refractivity contribution in [3.8, 4) is 11.3 Å². The molecule has 1 aromatic heterocycles. The second-order valence-corrected chi connectivity index (χ2v) is 6.94. The third-order valence-electron chi connectivity index (χ3n) is 5.06. The standard InChI is InChI=1S/C18H20ClN3O/c19-14-8-6-12(7-9-14)15-11-20-17(21-15)16-5-2-10-22(16)18(23)13-3-1-4-13/h6-9,11,13,16H,1-5,10H2,(H,20,21)/t16-/m0/s1. The highest BCUT2D eigenvalue weighted by Crippen LogP contribution is 2.36. The van der Waals surface area contributed by atoms with Crippen molar-refractivity contribution in [1.29, 1.82) is 0 Å². The van der Waals surface area contributed by atoms with E-state index in [2.05, 4.69) is 9.97 Å². The first-order valence-corrected chi connectivity index (χ1v) is 8.71. The van der Waals surface area contributed by atoms with Crippen LogP contribution in [0.3, 0.4) is 0 Å². The summed E-state index contributed by atoms with van der Waals surface area (Å²) in [6, 6.07) is 7.81. The van der Waals surface area contributed by atoms with Gasteiger partial charge in [-0.15, -0.1) is 0 Å². The Morgan fingerprint density at radius 1 is 1.17 bits per heavy atom. The Kier molecular flexibility index (Phi) is 3.85. The number of nitrogens with one attached hydrogen (secondary N) is 1. The third-order valence-corrected chi connectivity index (χ3v) is 5.31. The summed E-state index contributed by atoms with van der Waals surface area (Å²) < 4.78 is 0. The molecule has 1 saturated heterocycles. The number of imidazole rings is 1. The molecule has 2 aliphatic rings. The lowest BCUT2D eigenvalue weighted by Crippen LogP contribution is -2.38. The van der Waals surface area contributed by atoms with Crippen LogP contribution in [0.2, 0.25) is 5.02 Å². The van der Waals surface area contributed by atoms with Gasteiger partial charge in [-0.25, -0.2) is 4.98 Å². The van der Waals surface area contributed by atoms with Gasteiger partial charge in [-0.05, 0) is 43.4 Å². The van der Waals surface area contributed by atoms with Crippen molar-refractivity contribution in [2.45, 2.75) is 38.1 Å². The smallest absolute Gasteiger partial charge is 0.226 e. The number of hydrogen-bond donors (Lipinski definition) is 1. The second-order valence-electron chi connectivity index (χ2n) is 6.51. The van der Waals surface area contributed by atoms with Gasteiger partial charge >= 0.3 is 0 Å². The Hall–Kier alpha value is -1.81. The Morgan fingerprint density at radius 2 is 1.96 bits per heavy atom. The Labute approximate surface area is 140 Å². The van der Waals surface area contributed by atoms with E-state index < -0.39 is 0 Å². The van der Waals surface area contributed by atoms with Gasteiger partial charge < -0.3 is 9.88 Å². The molecule has 1 aliphatic heterocycles. The molecule has 1 aliphatic carbocycles. The Balaban J connectivity index is 1.55. The maximum absolute atomic E-state index is 12.6. The lowest BCUT2D eigenvalue weighted by atomic mass is 9.84.